The molecule has 2 aliphatic rings. The van der Waals surface area contributed by atoms with Gasteiger partial charge in [-0.05, 0) is 67.5 Å². The Labute approximate surface area is 202 Å². The fourth-order valence-corrected chi connectivity index (χ4v) is 5.53. The molecule has 1 saturated carbocycles. The third-order valence-corrected chi connectivity index (χ3v) is 7.16. The SMILES string of the molecule is O=C(O)c1ccc(Cl)c(-c2ccc([C@@H]3[C@H](c4ccccn4)NC(=S)N3C3CCCCC3)o2)c1. The van der Waals surface area contributed by atoms with Gasteiger partial charge in [-0.2, -0.15) is 0 Å². The highest BCUT2D eigenvalue weighted by Gasteiger charge is 2.44. The number of carboxylic acids is 1. The molecule has 1 saturated heterocycles. The van der Waals surface area contributed by atoms with Crippen LogP contribution in [-0.2, 0) is 0 Å². The third-order valence-electron chi connectivity index (χ3n) is 6.50. The van der Waals surface area contributed by atoms with Crippen molar-refractivity contribution in [2.45, 2.75) is 50.2 Å². The van der Waals surface area contributed by atoms with Crippen LogP contribution in [0.15, 0.2) is 59.1 Å². The number of thiocarbonyl (C=S) groups is 1. The first-order valence-electron chi connectivity index (χ1n) is 11.2. The summed E-state index contributed by atoms with van der Waals surface area (Å²) in [5, 5.41) is 14.0. The summed E-state index contributed by atoms with van der Waals surface area (Å²) < 4.78 is 6.34. The number of rotatable bonds is 5. The van der Waals surface area contributed by atoms with E-state index in [4.69, 9.17) is 28.2 Å². The average molecular weight is 482 g/mol. The molecular weight excluding hydrogens is 458 g/mol. The Morgan fingerprint density at radius 2 is 1.97 bits per heavy atom. The maximum absolute atomic E-state index is 11.5. The van der Waals surface area contributed by atoms with E-state index in [9.17, 15) is 9.90 Å². The van der Waals surface area contributed by atoms with E-state index >= 15 is 0 Å². The zero-order chi connectivity index (χ0) is 22.9. The van der Waals surface area contributed by atoms with Crippen molar-refractivity contribution < 1.29 is 14.3 Å². The van der Waals surface area contributed by atoms with Crippen molar-refractivity contribution in [2.75, 3.05) is 0 Å². The van der Waals surface area contributed by atoms with Crippen LogP contribution >= 0.6 is 23.8 Å². The molecule has 5 rings (SSSR count). The van der Waals surface area contributed by atoms with E-state index in [0.717, 1.165) is 24.3 Å². The van der Waals surface area contributed by atoms with Gasteiger partial charge in [0.25, 0.3) is 0 Å². The van der Waals surface area contributed by atoms with Gasteiger partial charge in [0.2, 0.25) is 0 Å². The number of nitrogens with zero attached hydrogens (tertiary/aromatic N) is 2. The lowest BCUT2D eigenvalue weighted by Gasteiger charge is -2.36. The van der Waals surface area contributed by atoms with Crippen molar-refractivity contribution in [3.8, 4) is 11.3 Å². The van der Waals surface area contributed by atoms with Gasteiger partial charge in [-0.25, -0.2) is 4.79 Å². The molecule has 0 amide bonds. The van der Waals surface area contributed by atoms with Crippen molar-refractivity contribution >= 4 is 34.9 Å². The topological polar surface area (TPSA) is 78.6 Å². The number of furan rings is 1. The van der Waals surface area contributed by atoms with E-state index in [1.165, 1.54) is 25.3 Å². The molecule has 2 aromatic heterocycles. The van der Waals surface area contributed by atoms with Crippen molar-refractivity contribution in [3.63, 3.8) is 0 Å². The average Bonchev–Trinajstić information content (AvgIpc) is 3.45. The Hall–Kier alpha value is -2.90. The Kier molecular flexibility index (Phi) is 6.08. The molecule has 0 radical (unpaired) electrons. The summed E-state index contributed by atoms with van der Waals surface area (Å²) in [5.41, 5.74) is 1.60. The van der Waals surface area contributed by atoms with Crippen molar-refractivity contribution in [1.29, 1.82) is 0 Å². The fraction of sp³-hybridized carbons (Fsp3) is 0.320. The maximum Gasteiger partial charge on any atom is 0.335 e. The number of aromatic carboxylic acids is 1. The molecule has 2 fully saturated rings. The summed E-state index contributed by atoms with van der Waals surface area (Å²) in [6.45, 7) is 0. The van der Waals surface area contributed by atoms with Gasteiger partial charge < -0.3 is 19.7 Å². The van der Waals surface area contributed by atoms with Gasteiger partial charge in [0.1, 0.15) is 17.6 Å². The lowest BCUT2D eigenvalue weighted by Crippen LogP contribution is -2.40. The quantitative estimate of drug-likeness (QED) is 0.433. The van der Waals surface area contributed by atoms with Crippen LogP contribution in [0.25, 0.3) is 11.3 Å². The molecular formula is C25H24ClN3O3S. The molecule has 0 unspecified atom stereocenters. The number of hydrogen-bond acceptors (Lipinski definition) is 4. The maximum atomic E-state index is 11.5. The molecule has 2 atom stereocenters. The van der Waals surface area contributed by atoms with E-state index in [1.54, 1.807) is 18.3 Å². The van der Waals surface area contributed by atoms with Crippen LogP contribution in [0.4, 0.5) is 0 Å². The van der Waals surface area contributed by atoms with Crippen LogP contribution in [0.2, 0.25) is 5.02 Å². The largest absolute Gasteiger partial charge is 0.478 e. The van der Waals surface area contributed by atoms with Crippen molar-refractivity contribution in [3.05, 3.63) is 76.8 Å². The Morgan fingerprint density at radius 3 is 2.70 bits per heavy atom. The summed E-state index contributed by atoms with van der Waals surface area (Å²) in [4.78, 5) is 18.3. The molecule has 3 aromatic rings. The Bertz CT molecular complexity index is 1180. The van der Waals surface area contributed by atoms with Crippen LogP contribution < -0.4 is 5.32 Å². The highest BCUT2D eigenvalue weighted by atomic mass is 35.5. The summed E-state index contributed by atoms with van der Waals surface area (Å²) in [5.74, 6) is 0.262. The molecule has 1 aliphatic carbocycles. The Morgan fingerprint density at radius 1 is 1.15 bits per heavy atom. The fourth-order valence-electron chi connectivity index (χ4n) is 4.93. The highest BCUT2D eigenvalue weighted by Crippen LogP contribution is 2.44. The molecule has 0 bridgehead atoms. The minimum atomic E-state index is -1.01. The van der Waals surface area contributed by atoms with Gasteiger partial charge >= 0.3 is 5.97 Å². The monoisotopic (exact) mass is 481 g/mol. The third kappa shape index (κ3) is 4.23. The first kappa shape index (κ1) is 21.9. The van der Waals surface area contributed by atoms with E-state index in [2.05, 4.69) is 15.2 Å². The predicted octanol–water partition coefficient (Wildman–Crippen LogP) is 6.00. The van der Waals surface area contributed by atoms with Crippen LogP contribution in [0.5, 0.6) is 0 Å². The molecule has 1 aromatic carbocycles. The smallest absolute Gasteiger partial charge is 0.335 e. The first-order valence-corrected chi connectivity index (χ1v) is 11.9. The number of halogens is 1. The lowest BCUT2D eigenvalue weighted by molar-refractivity contribution is 0.0697. The highest BCUT2D eigenvalue weighted by molar-refractivity contribution is 7.80. The standard InChI is InChI=1S/C25H24ClN3O3S/c26-18-10-9-15(24(30)31)14-17(18)20-11-12-21(32-20)23-22(19-8-4-5-13-27-19)28-25(33)29(23)16-6-2-1-3-7-16/h4-5,8-14,16,22-23H,1-3,6-7H2,(H,28,33)(H,30,31)/t22-,23+/m0/s1. The number of pyridine rings is 1. The van der Waals surface area contributed by atoms with Crippen LogP contribution in [0, 0.1) is 0 Å². The number of aromatic nitrogens is 1. The lowest BCUT2D eigenvalue weighted by atomic mass is 9.92. The molecule has 2 N–H and O–H groups in total. The second-order valence-corrected chi connectivity index (χ2v) is 9.32. The number of carbonyl (C=O) groups is 1. The van der Waals surface area contributed by atoms with Crippen molar-refractivity contribution in [1.82, 2.24) is 15.2 Å². The first-order chi connectivity index (χ1) is 16.0. The number of benzene rings is 1. The van der Waals surface area contributed by atoms with E-state index in [1.807, 2.05) is 30.3 Å². The minimum Gasteiger partial charge on any atom is -0.478 e. The van der Waals surface area contributed by atoms with Gasteiger partial charge in [0.15, 0.2) is 5.11 Å². The van der Waals surface area contributed by atoms with Gasteiger partial charge in [0.05, 0.1) is 22.3 Å². The number of carboxylic acid groups (broad SMARTS) is 1. The number of hydrogen-bond donors (Lipinski definition) is 2. The van der Waals surface area contributed by atoms with Gasteiger partial charge in [-0.15, -0.1) is 0 Å². The summed E-state index contributed by atoms with van der Waals surface area (Å²) in [6, 6.07) is 14.3. The zero-order valence-electron chi connectivity index (χ0n) is 17.9. The van der Waals surface area contributed by atoms with E-state index < -0.39 is 5.97 Å². The summed E-state index contributed by atoms with van der Waals surface area (Å²) >= 11 is 12.2. The predicted molar refractivity (Wildman–Crippen MR) is 130 cm³/mol. The molecule has 3 heterocycles. The molecule has 8 heteroatoms. The zero-order valence-corrected chi connectivity index (χ0v) is 19.5. The summed E-state index contributed by atoms with van der Waals surface area (Å²) in [7, 11) is 0. The molecule has 33 heavy (non-hydrogen) atoms. The van der Waals surface area contributed by atoms with E-state index in [-0.39, 0.29) is 17.6 Å². The van der Waals surface area contributed by atoms with Crippen LogP contribution in [0.3, 0.4) is 0 Å². The second-order valence-electron chi connectivity index (χ2n) is 8.53. The van der Waals surface area contributed by atoms with Crippen LogP contribution in [0.1, 0.15) is 66.0 Å². The van der Waals surface area contributed by atoms with Crippen molar-refractivity contribution in [2.24, 2.45) is 0 Å². The van der Waals surface area contributed by atoms with Gasteiger partial charge in [-0.1, -0.05) is 36.9 Å². The van der Waals surface area contributed by atoms with Gasteiger partial charge in [-0.3, -0.25) is 4.98 Å². The molecule has 1 aliphatic heterocycles. The normalized spacial score (nSPS) is 21.2. The van der Waals surface area contributed by atoms with E-state index in [0.29, 0.717) is 27.5 Å². The van der Waals surface area contributed by atoms with Gasteiger partial charge in [0, 0.05) is 17.8 Å². The second kappa shape index (κ2) is 9.15. The minimum absolute atomic E-state index is 0.152. The number of nitrogens with one attached hydrogen (secondary N) is 1. The molecule has 0 spiro atoms. The summed E-state index contributed by atoms with van der Waals surface area (Å²) in [6.07, 6.45) is 7.59. The molecule has 170 valence electrons. The Balaban J connectivity index is 1.56. The molecule has 6 nitrogen and oxygen atoms in total. The van der Waals surface area contributed by atoms with Crippen LogP contribution in [-0.4, -0.2) is 32.1 Å².